The normalized spacial score (nSPS) is 25.3. The fourth-order valence-electron chi connectivity index (χ4n) is 2.96. The maximum absolute atomic E-state index is 9.22. The predicted molar refractivity (Wildman–Crippen MR) is 70.4 cm³/mol. The summed E-state index contributed by atoms with van der Waals surface area (Å²) in [5, 5.41) is 13.9. The summed E-state index contributed by atoms with van der Waals surface area (Å²) >= 11 is 0. The van der Waals surface area contributed by atoms with Crippen LogP contribution in [-0.4, -0.2) is 36.5 Å². The van der Waals surface area contributed by atoms with E-state index in [9.17, 15) is 5.21 Å². The minimum atomic E-state index is 0.219. The smallest absolute Gasteiger partial charge is 0.125 e. The number of nitrogens with one attached hydrogen (secondary N) is 1. The Morgan fingerprint density at radius 3 is 3.17 bits per heavy atom. The van der Waals surface area contributed by atoms with E-state index in [1.807, 2.05) is 6.07 Å². The molecule has 2 aliphatic rings. The summed E-state index contributed by atoms with van der Waals surface area (Å²) in [7, 11) is 1.68. The van der Waals surface area contributed by atoms with Gasteiger partial charge in [-0.1, -0.05) is 6.07 Å². The van der Waals surface area contributed by atoms with Gasteiger partial charge < -0.3 is 15.3 Å². The van der Waals surface area contributed by atoms with Crippen LogP contribution in [-0.2, 0) is 0 Å². The number of ether oxygens (including phenoxy) is 1. The van der Waals surface area contributed by atoms with Gasteiger partial charge in [0.2, 0.25) is 0 Å². The topological polar surface area (TPSA) is 44.7 Å². The molecule has 0 saturated carbocycles. The lowest BCUT2D eigenvalue weighted by molar-refractivity contribution is -0.0710. The first-order valence-corrected chi connectivity index (χ1v) is 6.67. The van der Waals surface area contributed by atoms with E-state index >= 15 is 0 Å². The molecule has 0 aliphatic carbocycles. The van der Waals surface area contributed by atoms with Crippen LogP contribution < -0.4 is 10.1 Å². The minimum Gasteiger partial charge on any atom is -0.490 e. The fourth-order valence-corrected chi connectivity index (χ4v) is 2.96. The van der Waals surface area contributed by atoms with Gasteiger partial charge in [-0.2, -0.15) is 5.06 Å². The third-order valence-corrected chi connectivity index (χ3v) is 3.92. The van der Waals surface area contributed by atoms with E-state index < -0.39 is 0 Å². The van der Waals surface area contributed by atoms with Crippen molar-refractivity contribution in [2.24, 2.45) is 0 Å². The number of hydroxylamine groups is 2. The largest absolute Gasteiger partial charge is 0.490 e. The van der Waals surface area contributed by atoms with Gasteiger partial charge in [0, 0.05) is 37.3 Å². The molecule has 2 atom stereocenters. The molecule has 0 saturated heterocycles. The lowest BCUT2D eigenvalue weighted by Gasteiger charge is -2.19. The summed E-state index contributed by atoms with van der Waals surface area (Å²) < 4.78 is 6.12. The molecule has 3 rings (SSSR count). The molecule has 18 heavy (non-hydrogen) atoms. The number of hydrogen-bond acceptors (Lipinski definition) is 4. The average Bonchev–Trinajstić information content (AvgIpc) is 2.67. The van der Waals surface area contributed by atoms with Gasteiger partial charge in [-0.05, 0) is 31.4 Å². The van der Waals surface area contributed by atoms with Crippen LogP contribution in [0.1, 0.15) is 30.7 Å². The number of anilines is 1. The molecule has 4 nitrogen and oxygen atoms in total. The lowest BCUT2D eigenvalue weighted by Crippen LogP contribution is -2.24. The summed E-state index contributed by atoms with van der Waals surface area (Å²) in [6.07, 6.45) is 3.32. The maximum Gasteiger partial charge on any atom is 0.125 e. The van der Waals surface area contributed by atoms with Gasteiger partial charge in [0.1, 0.15) is 11.9 Å². The summed E-state index contributed by atoms with van der Waals surface area (Å²) in [5.41, 5.74) is 2.59. The Labute approximate surface area is 108 Å². The molecule has 0 amide bonds. The predicted octanol–water partition coefficient (Wildman–Crippen LogP) is 2.45. The molecule has 2 N–H and O–H groups in total. The molecular formula is C14H20N2O2. The number of benzene rings is 1. The maximum atomic E-state index is 9.22. The van der Waals surface area contributed by atoms with Gasteiger partial charge in [-0.3, -0.25) is 0 Å². The van der Waals surface area contributed by atoms with Crippen LogP contribution in [0.5, 0.6) is 5.75 Å². The Bertz CT molecular complexity index is 434. The van der Waals surface area contributed by atoms with E-state index in [2.05, 4.69) is 17.4 Å². The average molecular weight is 248 g/mol. The van der Waals surface area contributed by atoms with Crippen LogP contribution in [0.2, 0.25) is 0 Å². The second kappa shape index (κ2) is 4.78. The lowest BCUT2D eigenvalue weighted by atomic mass is 9.95. The molecule has 1 aromatic rings. The van der Waals surface area contributed by atoms with Crippen LogP contribution in [0.4, 0.5) is 5.69 Å². The van der Waals surface area contributed by atoms with Gasteiger partial charge in [-0.25, -0.2) is 0 Å². The summed E-state index contributed by atoms with van der Waals surface area (Å²) in [5.74, 6) is 1.62. The van der Waals surface area contributed by atoms with Crippen molar-refractivity contribution in [1.29, 1.82) is 0 Å². The van der Waals surface area contributed by atoms with E-state index in [1.165, 1.54) is 16.3 Å². The number of hydrogen-bond donors (Lipinski definition) is 2. The first-order valence-electron chi connectivity index (χ1n) is 6.67. The summed E-state index contributed by atoms with van der Waals surface area (Å²) in [6.45, 7) is 1.69. The van der Waals surface area contributed by atoms with Crippen molar-refractivity contribution >= 4 is 5.69 Å². The van der Waals surface area contributed by atoms with E-state index in [4.69, 9.17) is 4.74 Å². The van der Waals surface area contributed by atoms with Gasteiger partial charge in [-0.15, -0.1) is 0 Å². The molecule has 1 unspecified atom stereocenters. The third kappa shape index (κ3) is 2.18. The van der Waals surface area contributed by atoms with Crippen LogP contribution in [0.25, 0.3) is 0 Å². The Balaban J connectivity index is 1.79. The number of rotatable bonds is 3. The standard InChI is InChI=1S/C14H20N2O2/c1-16(17)8-7-11-6-5-10-9-15-12-3-2-4-13(18-11)14(10)12/h2-4,10-11,15,17H,5-9H2,1H3/t10?,11-/m1/s1. The summed E-state index contributed by atoms with van der Waals surface area (Å²) in [4.78, 5) is 0. The van der Waals surface area contributed by atoms with Crippen LogP contribution in [0.3, 0.4) is 0 Å². The van der Waals surface area contributed by atoms with E-state index in [-0.39, 0.29) is 6.10 Å². The fraction of sp³-hybridized carbons (Fsp3) is 0.571. The molecule has 0 fully saturated rings. The van der Waals surface area contributed by atoms with Crippen molar-refractivity contribution in [2.45, 2.75) is 31.3 Å². The Morgan fingerprint density at radius 1 is 1.44 bits per heavy atom. The molecule has 2 aliphatic heterocycles. The first kappa shape index (κ1) is 11.8. The second-order valence-corrected chi connectivity index (χ2v) is 5.28. The second-order valence-electron chi connectivity index (χ2n) is 5.28. The molecule has 0 spiro atoms. The van der Waals surface area contributed by atoms with Gasteiger partial charge in [0.25, 0.3) is 0 Å². The van der Waals surface area contributed by atoms with Crippen molar-refractivity contribution in [3.8, 4) is 5.75 Å². The molecule has 0 radical (unpaired) electrons. The quantitative estimate of drug-likeness (QED) is 0.806. The highest BCUT2D eigenvalue weighted by Gasteiger charge is 2.30. The molecule has 4 heteroatoms. The highest BCUT2D eigenvalue weighted by Crippen LogP contribution is 2.43. The Hall–Kier alpha value is -1.26. The van der Waals surface area contributed by atoms with Crippen molar-refractivity contribution in [3.63, 3.8) is 0 Å². The van der Waals surface area contributed by atoms with E-state index in [0.29, 0.717) is 12.5 Å². The zero-order chi connectivity index (χ0) is 12.5. The van der Waals surface area contributed by atoms with Crippen molar-refractivity contribution in [1.82, 2.24) is 5.06 Å². The van der Waals surface area contributed by atoms with Crippen LogP contribution >= 0.6 is 0 Å². The molecule has 1 aromatic carbocycles. The molecule has 0 bridgehead atoms. The van der Waals surface area contributed by atoms with E-state index in [1.54, 1.807) is 7.05 Å². The van der Waals surface area contributed by atoms with Gasteiger partial charge >= 0.3 is 0 Å². The third-order valence-electron chi connectivity index (χ3n) is 3.92. The van der Waals surface area contributed by atoms with Gasteiger partial charge in [0.05, 0.1) is 0 Å². The van der Waals surface area contributed by atoms with Crippen molar-refractivity contribution in [3.05, 3.63) is 23.8 Å². The minimum absolute atomic E-state index is 0.219. The molecule has 2 heterocycles. The van der Waals surface area contributed by atoms with Crippen LogP contribution in [0.15, 0.2) is 18.2 Å². The number of nitrogens with zero attached hydrogens (tertiary/aromatic N) is 1. The van der Waals surface area contributed by atoms with Crippen molar-refractivity contribution in [2.75, 3.05) is 25.5 Å². The Morgan fingerprint density at radius 2 is 2.33 bits per heavy atom. The molecule has 98 valence electrons. The first-order chi connectivity index (χ1) is 8.74. The molecule has 0 aromatic heterocycles. The van der Waals surface area contributed by atoms with Crippen LogP contribution in [0, 0.1) is 0 Å². The highest BCUT2D eigenvalue weighted by atomic mass is 16.5. The SMILES string of the molecule is CN(O)CC[C@H]1CCC2CNc3cccc(c32)O1. The monoisotopic (exact) mass is 248 g/mol. The van der Waals surface area contributed by atoms with Crippen molar-refractivity contribution < 1.29 is 9.94 Å². The Kier molecular flexibility index (Phi) is 3.14. The molecular weight excluding hydrogens is 228 g/mol. The summed E-state index contributed by atoms with van der Waals surface area (Å²) in [6, 6.07) is 6.24. The zero-order valence-corrected chi connectivity index (χ0v) is 10.7. The van der Waals surface area contributed by atoms with E-state index in [0.717, 1.165) is 31.6 Å². The highest BCUT2D eigenvalue weighted by molar-refractivity contribution is 5.63. The zero-order valence-electron chi connectivity index (χ0n) is 10.7. The van der Waals surface area contributed by atoms with Gasteiger partial charge in [0.15, 0.2) is 0 Å².